The lowest BCUT2D eigenvalue weighted by Crippen LogP contribution is -2.51. The average Bonchev–Trinajstić information content (AvgIpc) is 2.57. The number of rotatable bonds is 3. The first-order valence-electron chi connectivity index (χ1n) is 8.72. The van der Waals surface area contributed by atoms with Gasteiger partial charge in [0, 0.05) is 12.6 Å². The Morgan fingerprint density at radius 3 is 2.59 bits per heavy atom. The lowest BCUT2D eigenvalue weighted by Gasteiger charge is -2.49. The molecular formula is C21H25N. The van der Waals surface area contributed by atoms with E-state index in [1.165, 1.54) is 31.4 Å². The van der Waals surface area contributed by atoms with Gasteiger partial charge in [-0.2, -0.15) is 0 Å². The van der Waals surface area contributed by atoms with Crippen LogP contribution in [0.25, 0.3) is 0 Å². The molecule has 0 N–H and O–H groups in total. The summed E-state index contributed by atoms with van der Waals surface area (Å²) in [6, 6.07) is 20.9. The van der Waals surface area contributed by atoms with Crippen LogP contribution >= 0.6 is 0 Å². The van der Waals surface area contributed by atoms with E-state index in [4.69, 9.17) is 0 Å². The van der Waals surface area contributed by atoms with Crippen LogP contribution in [-0.4, -0.2) is 17.5 Å². The van der Waals surface area contributed by atoms with E-state index in [-0.39, 0.29) is 0 Å². The molecule has 2 aromatic carbocycles. The molecule has 0 aromatic heterocycles. The molecule has 2 aliphatic rings. The van der Waals surface area contributed by atoms with Gasteiger partial charge in [0.1, 0.15) is 0 Å². The summed E-state index contributed by atoms with van der Waals surface area (Å²) < 4.78 is 0. The Balaban J connectivity index is 1.63. The average molecular weight is 291 g/mol. The number of hydrogen-bond acceptors (Lipinski definition) is 1. The Hall–Kier alpha value is -1.60. The summed E-state index contributed by atoms with van der Waals surface area (Å²) in [6.45, 7) is 4.73. The summed E-state index contributed by atoms with van der Waals surface area (Å²) >= 11 is 0. The maximum atomic E-state index is 2.75. The van der Waals surface area contributed by atoms with E-state index in [0.29, 0.717) is 0 Å². The molecular weight excluding hydrogens is 266 g/mol. The highest BCUT2D eigenvalue weighted by Crippen LogP contribution is 2.45. The fourth-order valence-corrected chi connectivity index (χ4v) is 4.77. The van der Waals surface area contributed by atoms with Crippen LogP contribution in [0, 0.1) is 5.92 Å². The van der Waals surface area contributed by atoms with Crippen molar-refractivity contribution in [1.29, 1.82) is 0 Å². The van der Waals surface area contributed by atoms with Crippen molar-refractivity contribution < 1.29 is 0 Å². The zero-order valence-electron chi connectivity index (χ0n) is 13.4. The number of piperidine rings is 1. The van der Waals surface area contributed by atoms with Crippen molar-refractivity contribution in [2.45, 2.75) is 44.7 Å². The summed E-state index contributed by atoms with van der Waals surface area (Å²) in [4.78, 5) is 2.75. The van der Waals surface area contributed by atoms with Crippen LogP contribution in [-0.2, 0) is 13.0 Å². The van der Waals surface area contributed by atoms with Crippen LogP contribution in [0.5, 0.6) is 0 Å². The van der Waals surface area contributed by atoms with Crippen molar-refractivity contribution in [2.75, 3.05) is 6.54 Å². The molecule has 2 bridgehead atoms. The minimum atomic E-state index is 0.721. The first kappa shape index (κ1) is 14.0. The van der Waals surface area contributed by atoms with E-state index < -0.39 is 0 Å². The third-order valence-corrected chi connectivity index (χ3v) is 5.79. The number of fused-ring (bicyclic) bond motifs is 4. The molecule has 0 amide bonds. The monoisotopic (exact) mass is 291 g/mol. The Morgan fingerprint density at radius 1 is 1.00 bits per heavy atom. The highest BCUT2D eigenvalue weighted by atomic mass is 15.2. The normalized spacial score (nSPS) is 27.4. The lowest BCUT2D eigenvalue weighted by atomic mass is 9.67. The smallest absolute Gasteiger partial charge is 0.0236 e. The quantitative estimate of drug-likeness (QED) is 0.797. The number of hydrogen-bond donors (Lipinski definition) is 0. The Kier molecular flexibility index (Phi) is 3.75. The van der Waals surface area contributed by atoms with Gasteiger partial charge in [-0.1, -0.05) is 67.9 Å². The van der Waals surface area contributed by atoms with Crippen LogP contribution in [0.3, 0.4) is 0 Å². The van der Waals surface area contributed by atoms with Crippen molar-refractivity contribution >= 4 is 0 Å². The highest BCUT2D eigenvalue weighted by Gasteiger charge is 2.41. The maximum Gasteiger partial charge on any atom is 0.0236 e. The van der Waals surface area contributed by atoms with Crippen molar-refractivity contribution in [3.05, 3.63) is 71.3 Å². The number of benzene rings is 2. The van der Waals surface area contributed by atoms with Gasteiger partial charge in [-0.25, -0.2) is 0 Å². The second-order valence-electron chi connectivity index (χ2n) is 6.89. The van der Waals surface area contributed by atoms with Crippen LogP contribution in [0.4, 0.5) is 0 Å². The molecule has 0 spiro atoms. The Bertz CT molecular complexity index is 633. The van der Waals surface area contributed by atoms with E-state index >= 15 is 0 Å². The van der Waals surface area contributed by atoms with E-state index in [0.717, 1.165) is 24.4 Å². The fourth-order valence-electron chi connectivity index (χ4n) is 4.77. The first-order valence-corrected chi connectivity index (χ1v) is 8.72. The number of likely N-dealkylation sites (tertiary alicyclic amines) is 1. The SMILES string of the molecule is CC[C@@H]1[C@@H]2CCN(Cc3ccccc3)[C@@H]1Cc1ccccc12. The summed E-state index contributed by atoms with van der Waals surface area (Å²) in [5, 5.41) is 0. The van der Waals surface area contributed by atoms with E-state index in [1.807, 2.05) is 0 Å². The van der Waals surface area contributed by atoms with E-state index in [2.05, 4.69) is 66.4 Å². The zero-order valence-corrected chi connectivity index (χ0v) is 13.4. The highest BCUT2D eigenvalue weighted by molar-refractivity contribution is 5.36. The summed E-state index contributed by atoms with van der Waals surface area (Å²) in [7, 11) is 0. The molecule has 114 valence electrons. The van der Waals surface area contributed by atoms with Gasteiger partial charge in [0.15, 0.2) is 0 Å². The maximum absolute atomic E-state index is 2.75. The third kappa shape index (κ3) is 2.38. The molecule has 1 aliphatic heterocycles. The van der Waals surface area contributed by atoms with Crippen molar-refractivity contribution in [3.63, 3.8) is 0 Å². The Labute approximate surface area is 134 Å². The molecule has 22 heavy (non-hydrogen) atoms. The van der Waals surface area contributed by atoms with Crippen molar-refractivity contribution in [3.8, 4) is 0 Å². The molecule has 4 rings (SSSR count). The minimum absolute atomic E-state index is 0.721. The van der Waals surface area contributed by atoms with Gasteiger partial charge in [-0.3, -0.25) is 4.90 Å². The summed E-state index contributed by atoms with van der Waals surface area (Å²) in [6.07, 6.45) is 3.85. The topological polar surface area (TPSA) is 3.24 Å². The molecule has 1 fully saturated rings. The predicted molar refractivity (Wildman–Crippen MR) is 91.9 cm³/mol. The zero-order chi connectivity index (χ0) is 14.9. The van der Waals surface area contributed by atoms with Crippen LogP contribution in [0.2, 0.25) is 0 Å². The summed E-state index contributed by atoms with van der Waals surface area (Å²) in [5.74, 6) is 1.61. The van der Waals surface area contributed by atoms with E-state index in [1.54, 1.807) is 11.1 Å². The third-order valence-electron chi connectivity index (χ3n) is 5.79. The fraction of sp³-hybridized carbons (Fsp3) is 0.429. The molecule has 0 unspecified atom stereocenters. The summed E-state index contributed by atoms with van der Waals surface area (Å²) in [5.41, 5.74) is 4.69. The van der Waals surface area contributed by atoms with Crippen molar-refractivity contribution in [1.82, 2.24) is 4.90 Å². The molecule has 2 aromatic rings. The largest absolute Gasteiger partial charge is 0.295 e. The Morgan fingerprint density at radius 2 is 1.77 bits per heavy atom. The van der Waals surface area contributed by atoms with Crippen LogP contribution in [0.15, 0.2) is 54.6 Å². The molecule has 1 heterocycles. The second-order valence-corrected chi connectivity index (χ2v) is 6.89. The molecule has 1 saturated heterocycles. The van der Waals surface area contributed by atoms with Gasteiger partial charge in [-0.15, -0.1) is 0 Å². The number of nitrogens with zero attached hydrogens (tertiary/aromatic N) is 1. The van der Waals surface area contributed by atoms with Gasteiger partial charge >= 0.3 is 0 Å². The van der Waals surface area contributed by atoms with E-state index in [9.17, 15) is 0 Å². The van der Waals surface area contributed by atoms with Crippen molar-refractivity contribution in [2.24, 2.45) is 5.92 Å². The van der Waals surface area contributed by atoms with Gasteiger partial charge in [0.2, 0.25) is 0 Å². The minimum Gasteiger partial charge on any atom is -0.295 e. The van der Waals surface area contributed by atoms with Gasteiger partial charge < -0.3 is 0 Å². The molecule has 0 radical (unpaired) electrons. The van der Waals surface area contributed by atoms with Crippen LogP contribution < -0.4 is 0 Å². The molecule has 3 atom stereocenters. The van der Waals surface area contributed by atoms with Gasteiger partial charge in [-0.05, 0) is 47.9 Å². The first-order chi connectivity index (χ1) is 10.9. The standard InChI is InChI=1S/C21H25N/c1-2-18-20-12-13-22(15-16-8-4-3-5-9-16)21(18)14-17-10-6-7-11-19(17)20/h3-11,18,20-21H,2,12-15H2,1H3/t18-,20+,21-/m1/s1. The second kappa shape index (κ2) is 5.89. The van der Waals surface area contributed by atoms with Gasteiger partial charge in [0.25, 0.3) is 0 Å². The molecule has 0 saturated carbocycles. The molecule has 1 nitrogen and oxygen atoms in total. The predicted octanol–water partition coefficient (Wildman–Crippen LogP) is 4.63. The molecule has 1 aliphatic carbocycles. The lowest BCUT2D eigenvalue weighted by molar-refractivity contribution is 0.0564. The van der Waals surface area contributed by atoms with Gasteiger partial charge in [0.05, 0.1) is 0 Å². The van der Waals surface area contributed by atoms with Crippen LogP contribution in [0.1, 0.15) is 42.4 Å². The molecule has 1 heteroatoms.